The molecule has 1 aliphatic carbocycles. The van der Waals surface area contributed by atoms with Crippen LogP contribution in [0, 0.1) is 17.8 Å². The average molecular weight is 126 g/mol. The van der Waals surface area contributed by atoms with E-state index in [2.05, 4.69) is 20.8 Å². The van der Waals surface area contributed by atoms with Gasteiger partial charge in [-0.1, -0.05) is 40.0 Å². The summed E-state index contributed by atoms with van der Waals surface area (Å²) in [4.78, 5) is 0. The molecule has 0 nitrogen and oxygen atoms in total. The van der Waals surface area contributed by atoms with Crippen LogP contribution in [0.25, 0.3) is 0 Å². The van der Waals surface area contributed by atoms with Crippen LogP contribution in [-0.4, -0.2) is 0 Å². The normalized spacial score (nSPS) is 41.0. The maximum absolute atomic E-state index is 2.40. The zero-order valence-corrected chi connectivity index (χ0v) is 6.85. The smallest absolute Gasteiger partial charge is 0.0355 e. The predicted octanol–water partition coefficient (Wildman–Crippen LogP) is 3.08. The van der Waals surface area contributed by atoms with Gasteiger partial charge in [0.15, 0.2) is 0 Å². The molecule has 0 heteroatoms. The topological polar surface area (TPSA) is 0 Å². The highest BCUT2D eigenvalue weighted by molar-refractivity contribution is 4.92. The maximum atomic E-state index is 2.40. The molecule has 0 aromatic carbocycles. The fraction of sp³-hybridized carbons (Fsp3) is 1.00. The lowest BCUT2D eigenvalue weighted by atomic mass is 10.2. The van der Waals surface area contributed by atoms with Gasteiger partial charge in [-0.3, -0.25) is 0 Å². The SMILES string of the molecule is CCCC1C(C)C1CC. The van der Waals surface area contributed by atoms with Crippen LogP contribution in [0.1, 0.15) is 40.0 Å². The van der Waals surface area contributed by atoms with Crippen molar-refractivity contribution in [3.8, 4) is 0 Å². The third kappa shape index (κ3) is 1.28. The van der Waals surface area contributed by atoms with Gasteiger partial charge in [0.2, 0.25) is 0 Å². The van der Waals surface area contributed by atoms with Gasteiger partial charge in [0.05, 0.1) is 0 Å². The minimum Gasteiger partial charge on any atom is -0.0654 e. The minimum atomic E-state index is 1.05. The second-order valence-corrected chi connectivity index (χ2v) is 3.38. The van der Waals surface area contributed by atoms with E-state index in [-0.39, 0.29) is 0 Å². The molecule has 0 radical (unpaired) electrons. The monoisotopic (exact) mass is 126 g/mol. The van der Waals surface area contributed by atoms with Crippen LogP contribution < -0.4 is 0 Å². The summed E-state index contributed by atoms with van der Waals surface area (Å²) in [6.45, 7) is 7.00. The Morgan fingerprint density at radius 3 is 2.11 bits per heavy atom. The van der Waals surface area contributed by atoms with E-state index in [1.165, 1.54) is 19.3 Å². The Balaban J connectivity index is 2.17. The van der Waals surface area contributed by atoms with Crippen LogP contribution in [0.5, 0.6) is 0 Å². The van der Waals surface area contributed by atoms with Crippen molar-refractivity contribution in [1.29, 1.82) is 0 Å². The van der Waals surface area contributed by atoms with E-state index in [1.54, 1.807) is 0 Å². The van der Waals surface area contributed by atoms with Crippen molar-refractivity contribution in [3.63, 3.8) is 0 Å². The summed E-state index contributed by atoms with van der Waals surface area (Å²) >= 11 is 0. The third-order valence-electron chi connectivity index (χ3n) is 2.85. The summed E-state index contributed by atoms with van der Waals surface area (Å²) in [5.41, 5.74) is 0. The largest absolute Gasteiger partial charge is 0.0654 e. The maximum Gasteiger partial charge on any atom is -0.0355 e. The van der Waals surface area contributed by atoms with E-state index in [1.807, 2.05) is 0 Å². The molecule has 0 aromatic heterocycles. The molecule has 0 bridgehead atoms. The molecule has 0 heterocycles. The van der Waals surface area contributed by atoms with Gasteiger partial charge in [-0.25, -0.2) is 0 Å². The molecule has 1 fully saturated rings. The Kier molecular flexibility index (Phi) is 2.15. The van der Waals surface area contributed by atoms with Crippen molar-refractivity contribution in [3.05, 3.63) is 0 Å². The molecule has 0 N–H and O–H groups in total. The fourth-order valence-corrected chi connectivity index (χ4v) is 2.12. The molecule has 1 aliphatic rings. The molecule has 54 valence electrons. The van der Waals surface area contributed by atoms with Gasteiger partial charge >= 0.3 is 0 Å². The Morgan fingerprint density at radius 2 is 1.78 bits per heavy atom. The summed E-state index contributed by atoms with van der Waals surface area (Å²) in [6.07, 6.45) is 4.26. The first-order valence-electron chi connectivity index (χ1n) is 4.31. The molecule has 0 saturated heterocycles. The first-order chi connectivity index (χ1) is 4.31. The fourth-order valence-electron chi connectivity index (χ4n) is 2.12. The number of rotatable bonds is 3. The Morgan fingerprint density at radius 1 is 1.11 bits per heavy atom. The third-order valence-corrected chi connectivity index (χ3v) is 2.85. The molecule has 1 rings (SSSR count). The van der Waals surface area contributed by atoms with Crippen molar-refractivity contribution in [2.45, 2.75) is 40.0 Å². The zero-order valence-electron chi connectivity index (χ0n) is 6.85. The Bertz CT molecular complexity index is 86.0. The summed E-state index contributed by atoms with van der Waals surface area (Å²) in [5.74, 6) is 3.24. The summed E-state index contributed by atoms with van der Waals surface area (Å²) in [6, 6.07) is 0. The predicted molar refractivity (Wildman–Crippen MR) is 41.3 cm³/mol. The second kappa shape index (κ2) is 2.72. The van der Waals surface area contributed by atoms with Crippen molar-refractivity contribution in [1.82, 2.24) is 0 Å². The van der Waals surface area contributed by atoms with Gasteiger partial charge in [0, 0.05) is 0 Å². The van der Waals surface area contributed by atoms with Crippen LogP contribution in [0.3, 0.4) is 0 Å². The lowest BCUT2D eigenvalue weighted by molar-refractivity contribution is 0.619. The molecule has 1 saturated carbocycles. The second-order valence-electron chi connectivity index (χ2n) is 3.38. The molecule has 3 unspecified atom stereocenters. The molecule has 0 spiro atoms. The number of hydrogen-bond donors (Lipinski definition) is 0. The van der Waals surface area contributed by atoms with E-state index >= 15 is 0 Å². The van der Waals surface area contributed by atoms with Crippen LogP contribution >= 0.6 is 0 Å². The molecule has 0 aromatic rings. The highest BCUT2D eigenvalue weighted by Gasteiger charge is 2.43. The highest BCUT2D eigenvalue weighted by Crippen LogP contribution is 2.50. The quantitative estimate of drug-likeness (QED) is 0.545. The molecule has 0 aliphatic heterocycles. The van der Waals surface area contributed by atoms with E-state index in [0.29, 0.717) is 0 Å². The number of hydrogen-bond acceptors (Lipinski definition) is 0. The van der Waals surface area contributed by atoms with E-state index in [0.717, 1.165) is 17.8 Å². The van der Waals surface area contributed by atoms with Crippen molar-refractivity contribution < 1.29 is 0 Å². The zero-order chi connectivity index (χ0) is 6.85. The lowest BCUT2D eigenvalue weighted by Crippen LogP contribution is -1.78. The van der Waals surface area contributed by atoms with E-state index < -0.39 is 0 Å². The van der Waals surface area contributed by atoms with Crippen LogP contribution in [0.2, 0.25) is 0 Å². The van der Waals surface area contributed by atoms with Crippen LogP contribution in [0.15, 0.2) is 0 Å². The van der Waals surface area contributed by atoms with Gasteiger partial charge in [0.25, 0.3) is 0 Å². The first-order valence-corrected chi connectivity index (χ1v) is 4.31. The van der Waals surface area contributed by atoms with E-state index in [9.17, 15) is 0 Å². The van der Waals surface area contributed by atoms with Crippen molar-refractivity contribution >= 4 is 0 Å². The summed E-state index contributed by atoms with van der Waals surface area (Å²) in [7, 11) is 0. The molecule has 9 heavy (non-hydrogen) atoms. The van der Waals surface area contributed by atoms with Gasteiger partial charge < -0.3 is 0 Å². The van der Waals surface area contributed by atoms with E-state index in [4.69, 9.17) is 0 Å². The average Bonchev–Trinajstić information content (AvgIpc) is 2.44. The molecule has 3 atom stereocenters. The Hall–Kier alpha value is 0. The van der Waals surface area contributed by atoms with Crippen LogP contribution in [0.4, 0.5) is 0 Å². The van der Waals surface area contributed by atoms with Gasteiger partial charge in [-0.05, 0) is 17.8 Å². The molecular weight excluding hydrogens is 108 g/mol. The first kappa shape index (κ1) is 7.11. The van der Waals surface area contributed by atoms with Crippen LogP contribution in [-0.2, 0) is 0 Å². The summed E-state index contributed by atoms with van der Waals surface area (Å²) in [5, 5.41) is 0. The van der Waals surface area contributed by atoms with Gasteiger partial charge in [-0.15, -0.1) is 0 Å². The lowest BCUT2D eigenvalue weighted by Gasteiger charge is -1.90. The minimum absolute atomic E-state index is 1.05. The Labute approximate surface area is 58.7 Å². The summed E-state index contributed by atoms with van der Waals surface area (Å²) < 4.78 is 0. The van der Waals surface area contributed by atoms with Gasteiger partial charge in [-0.2, -0.15) is 0 Å². The standard InChI is InChI=1S/C9H18/c1-4-6-9-7(3)8(9)5-2/h7-9H,4-6H2,1-3H3. The molecular formula is C9H18. The molecule has 0 amide bonds. The van der Waals surface area contributed by atoms with Crippen molar-refractivity contribution in [2.24, 2.45) is 17.8 Å². The van der Waals surface area contributed by atoms with Crippen molar-refractivity contribution in [2.75, 3.05) is 0 Å². The highest BCUT2D eigenvalue weighted by atomic mass is 14.5. The van der Waals surface area contributed by atoms with Gasteiger partial charge in [0.1, 0.15) is 0 Å².